The Morgan fingerprint density at radius 3 is 1.00 bits per heavy atom. The molecule has 0 bridgehead atoms. The SMILES string of the molecule is CC[C-](C(C)=O)C(=O)O.CC[C-](C(C)=O)C(=O)O.[Ti+2]. The van der Waals surface area contributed by atoms with Crippen molar-refractivity contribution in [3.8, 4) is 0 Å². The van der Waals surface area contributed by atoms with E-state index in [-0.39, 0.29) is 45.1 Å². The average Bonchev–Trinajstić information content (AvgIpc) is 2.17. The van der Waals surface area contributed by atoms with E-state index in [1.807, 2.05) is 0 Å². The minimum Gasteiger partial charge on any atom is -0.503 e. The van der Waals surface area contributed by atoms with Crippen molar-refractivity contribution in [2.75, 3.05) is 0 Å². The maximum atomic E-state index is 10.4. The largest absolute Gasteiger partial charge is 2.00 e. The number of carboxylic acids is 2. The number of rotatable bonds is 6. The minimum atomic E-state index is -1.11. The van der Waals surface area contributed by atoms with Gasteiger partial charge in [-0.1, -0.05) is 13.8 Å². The molecule has 106 valence electrons. The van der Waals surface area contributed by atoms with E-state index in [1.54, 1.807) is 13.8 Å². The molecule has 6 nitrogen and oxygen atoms in total. The van der Waals surface area contributed by atoms with Crippen LogP contribution in [0.5, 0.6) is 0 Å². The van der Waals surface area contributed by atoms with Crippen LogP contribution in [-0.4, -0.2) is 33.7 Å². The van der Waals surface area contributed by atoms with Gasteiger partial charge in [0.25, 0.3) is 0 Å². The van der Waals surface area contributed by atoms with Gasteiger partial charge in [-0.15, -0.1) is 0 Å². The molecular formula is C12H18O6Ti. The van der Waals surface area contributed by atoms with Gasteiger partial charge in [-0.2, -0.15) is 12.8 Å². The summed E-state index contributed by atoms with van der Waals surface area (Å²) >= 11 is 0. The number of Topliss-reactive ketones (excluding diaryl/α,β-unsaturated/α-hetero) is 2. The second kappa shape index (κ2) is 11.8. The summed E-state index contributed by atoms with van der Waals surface area (Å²) in [6, 6.07) is 0. The predicted molar refractivity (Wildman–Crippen MR) is 63.7 cm³/mol. The van der Waals surface area contributed by atoms with Gasteiger partial charge in [0.1, 0.15) is 0 Å². The van der Waals surface area contributed by atoms with Gasteiger partial charge in [-0.05, 0) is 13.8 Å². The summed E-state index contributed by atoms with van der Waals surface area (Å²) in [7, 11) is 0. The first-order chi connectivity index (χ1) is 8.18. The number of hydrogen-bond donors (Lipinski definition) is 2. The van der Waals surface area contributed by atoms with Crippen molar-refractivity contribution in [1.82, 2.24) is 0 Å². The smallest absolute Gasteiger partial charge is 0.503 e. The Hall–Kier alpha value is -1.27. The van der Waals surface area contributed by atoms with Crippen LogP contribution >= 0.6 is 0 Å². The Morgan fingerprint density at radius 1 is 0.789 bits per heavy atom. The standard InChI is InChI=1S/2C6H9O3.Ti/c2*1-3-5(4(2)7)6(8)9;/h2*3H2,1-2H3,(H,8,9);/q2*-1;+2. The second-order valence-corrected chi connectivity index (χ2v) is 3.39. The van der Waals surface area contributed by atoms with E-state index in [0.29, 0.717) is 12.8 Å². The van der Waals surface area contributed by atoms with Gasteiger partial charge in [0.15, 0.2) is 11.9 Å². The quantitative estimate of drug-likeness (QED) is 0.435. The number of hydrogen-bond acceptors (Lipinski definition) is 4. The molecule has 0 aliphatic rings. The van der Waals surface area contributed by atoms with E-state index in [4.69, 9.17) is 10.2 Å². The van der Waals surface area contributed by atoms with Crippen LogP contribution in [0.3, 0.4) is 0 Å². The first-order valence-corrected chi connectivity index (χ1v) is 5.39. The Balaban J connectivity index is -0.000000256. The molecule has 19 heavy (non-hydrogen) atoms. The number of ketones is 2. The summed E-state index contributed by atoms with van der Waals surface area (Å²) in [4.78, 5) is 41.0. The summed E-state index contributed by atoms with van der Waals surface area (Å²) < 4.78 is 0. The zero-order valence-corrected chi connectivity index (χ0v) is 13.0. The van der Waals surface area contributed by atoms with Crippen molar-refractivity contribution >= 4 is 23.5 Å². The molecule has 0 aromatic heterocycles. The van der Waals surface area contributed by atoms with Crippen LogP contribution in [0, 0.1) is 11.8 Å². The van der Waals surface area contributed by atoms with Crippen molar-refractivity contribution in [2.45, 2.75) is 40.5 Å². The molecule has 0 spiro atoms. The fourth-order valence-electron chi connectivity index (χ4n) is 1.10. The molecule has 0 aliphatic heterocycles. The van der Waals surface area contributed by atoms with Crippen LogP contribution in [0.2, 0.25) is 0 Å². The van der Waals surface area contributed by atoms with Gasteiger partial charge in [-0.3, -0.25) is 9.59 Å². The first kappa shape index (κ1) is 22.9. The van der Waals surface area contributed by atoms with Gasteiger partial charge < -0.3 is 19.8 Å². The van der Waals surface area contributed by atoms with Crippen LogP contribution in [0.1, 0.15) is 40.5 Å². The summed E-state index contributed by atoms with van der Waals surface area (Å²) in [6.07, 6.45) is 0.593. The fourth-order valence-corrected chi connectivity index (χ4v) is 1.10. The summed E-state index contributed by atoms with van der Waals surface area (Å²) in [5.41, 5.74) is 0. The molecule has 2 N–H and O–H groups in total. The van der Waals surface area contributed by atoms with Gasteiger partial charge in [-0.25, -0.2) is 11.8 Å². The molecule has 0 amide bonds. The van der Waals surface area contributed by atoms with Gasteiger partial charge in [0.05, 0.1) is 0 Å². The summed E-state index contributed by atoms with van der Waals surface area (Å²) in [6.45, 7) is 5.80. The van der Waals surface area contributed by atoms with E-state index < -0.39 is 11.9 Å². The molecule has 0 saturated carbocycles. The maximum absolute atomic E-state index is 10.4. The van der Waals surface area contributed by atoms with E-state index in [0.717, 1.165) is 0 Å². The molecule has 0 aromatic rings. The van der Waals surface area contributed by atoms with Gasteiger partial charge in [0.2, 0.25) is 0 Å². The van der Waals surface area contributed by atoms with Crippen LogP contribution in [0.4, 0.5) is 0 Å². The topological polar surface area (TPSA) is 109 Å². The third kappa shape index (κ3) is 10.4. The Kier molecular flexibility index (Phi) is 14.2. The molecule has 7 heteroatoms. The molecule has 0 aliphatic carbocycles. The monoisotopic (exact) mass is 306 g/mol. The van der Waals surface area contributed by atoms with Crippen molar-refractivity contribution in [1.29, 1.82) is 0 Å². The number of carbonyl (C=O) groups excluding carboxylic acids is 2. The van der Waals surface area contributed by atoms with Gasteiger partial charge in [0, 0.05) is 11.6 Å². The molecular weight excluding hydrogens is 288 g/mol. The Bertz CT molecular complexity index is 266. The maximum Gasteiger partial charge on any atom is 2.00 e. The normalized spacial score (nSPS) is 8.21. The molecule has 0 unspecified atom stereocenters. The second-order valence-electron chi connectivity index (χ2n) is 3.39. The summed E-state index contributed by atoms with van der Waals surface area (Å²) in [5, 5.41) is 16.6. The summed E-state index contributed by atoms with van der Waals surface area (Å²) in [5.74, 6) is -2.99. The van der Waals surface area contributed by atoms with E-state index in [9.17, 15) is 19.2 Å². The van der Waals surface area contributed by atoms with E-state index in [2.05, 4.69) is 0 Å². The van der Waals surface area contributed by atoms with Crippen LogP contribution < -0.4 is 0 Å². The third-order valence-electron chi connectivity index (χ3n) is 2.07. The van der Waals surface area contributed by atoms with Crippen LogP contribution in [-0.2, 0) is 40.9 Å². The zero-order valence-electron chi connectivity index (χ0n) is 11.4. The molecule has 0 rings (SSSR count). The van der Waals surface area contributed by atoms with Crippen molar-refractivity contribution in [2.24, 2.45) is 0 Å². The van der Waals surface area contributed by atoms with Crippen LogP contribution in [0.25, 0.3) is 0 Å². The fraction of sp³-hybridized carbons (Fsp3) is 0.500. The first-order valence-electron chi connectivity index (χ1n) is 5.39. The Morgan fingerprint density at radius 2 is 1.00 bits per heavy atom. The molecule has 0 atom stereocenters. The zero-order chi connectivity index (χ0) is 14.9. The van der Waals surface area contributed by atoms with Crippen molar-refractivity contribution in [3.63, 3.8) is 0 Å². The molecule has 0 heterocycles. The van der Waals surface area contributed by atoms with Crippen molar-refractivity contribution < 1.29 is 51.1 Å². The van der Waals surface area contributed by atoms with Crippen molar-refractivity contribution in [3.05, 3.63) is 11.8 Å². The predicted octanol–water partition coefficient (Wildman–Crippen LogP) is 1.29. The van der Waals surface area contributed by atoms with E-state index >= 15 is 0 Å². The molecule has 0 saturated heterocycles. The third-order valence-corrected chi connectivity index (χ3v) is 2.07. The molecule has 0 fully saturated rings. The number of carbonyl (C=O) groups is 4. The van der Waals surface area contributed by atoms with Gasteiger partial charge >= 0.3 is 21.7 Å². The van der Waals surface area contributed by atoms with Crippen LogP contribution in [0.15, 0.2) is 0 Å². The molecule has 0 radical (unpaired) electrons. The molecule has 0 aromatic carbocycles. The Labute approximate surface area is 127 Å². The van der Waals surface area contributed by atoms with E-state index in [1.165, 1.54) is 13.8 Å². The number of carboxylic acid groups (broad SMARTS) is 2. The minimum absolute atomic E-state index is 0. The average molecular weight is 306 g/mol. The number of aliphatic carboxylic acids is 2.